The van der Waals surface area contributed by atoms with E-state index < -0.39 is 16.0 Å². The van der Waals surface area contributed by atoms with Crippen molar-refractivity contribution in [1.82, 2.24) is 0 Å². The number of sulfonamides is 1. The predicted octanol–water partition coefficient (Wildman–Crippen LogP) is 0.462. The van der Waals surface area contributed by atoms with Gasteiger partial charge in [-0.2, -0.15) is 0 Å². The van der Waals surface area contributed by atoms with E-state index >= 15 is 0 Å². The third-order valence-electron chi connectivity index (χ3n) is 1.53. The number of hydrogen-bond acceptors (Lipinski definition) is 4. The average molecular weight is 231 g/mol. The van der Waals surface area contributed by atoms with Crippen molar-refractivity contribution in [2.45, 2.75) is 0 Å². The molecule has 15 heavy (non-hydrogen) atoms. The highest BCUT2D eigenvalue weighted by molar-refractivity contribution is 7.92. The summed E-state index contributed by atoms with van der Waals surface area (Å²) in [6, 6.07) is 3.31. The van der Waals surface area contributed by atoms with Crippen molar-refractivity contribution < 1.29 is 23.4 Å². The Kier molecular flexibility index (Phi) is 2.85. The van der Waals surface area contributed by atoms with Crippen molar-refractivity contribution >= 4 is 21.7 Å². The summed E-state index contributed by atoms with van der Waals surface area (Å²) in [6.45, 7) is 0. The highest BCUT2D eigenvalue weighted by atomic mass is 32.2. The molecule has 0 bridgehead atoms. The monoisotopic (exact) mass is 231 g/mol. The molecule has 1 rings (SSSR count). The molecule has 0 atom stereocenters. The number of hydrogen-bond donors (Lipinski definition) is 3. The third-order valence-corrected chi connectivity index (χ3v) is 2.12. The molecule has 0 saturated heterocycles. The van der Waals surface area contributed by atoms with Crippen molar-refractivity contribution in [2.75, 3.05) is 11.0 Å². The molecule has 0 heterocycles. The second-order valence-electron chi connectivity index (χ2n) is 2.91. The smallest absolute Gasteiger partial charge is 0.337 e. The lowest BCUT2D eigenvalue weighted by Crippen LogP contribution is -2.13. The number of rotatable bonds is 3. The molecule has 7 heteroatoms. The minimum Gasteiger partial charge on any atom is -0.508 e. The normalized spacial score (nSPS) is 11.0. The van der Waals surface area contributed by atoms with Crippen LogP contribution in [0.5, 0.6) is 5.75 Å². The zero-order valence-corrected chi connectivity index (χ0v) is 8.58. The first-order valence-electron chi connectivity index (χ1n) is 3.84. The number of anilines is 1. The van der Waals surface area contributed by atoms with Crippen LogP contribution in [0.15, 0.2) is 18.2 Å². The van der Waals surface area contributed by atoms with Gasteiger partial charge in [0.25, 0.3) is 0 Å². The Bertz CT molecular complexity index is 494. The number of aromatic carboxylic acids is 1. The van der Waals surface area contributed by atoms with Crippen molar-refractivity contribution in [2.24, 2.45) is 0 Å². The molecule has 0 saturated carbocycles. The highest BCUT2D eigenvalue weighted by Crippen LogP contribution is 2.22. The standard InChI is InChI=1S/C8H9NO5S/c1-15(13,14)9-7-4-5(10)2-3-6(7)8(11)12/h2-4,9-10H,1H3,(H,11,12). The summed E-state index contributed by atoms with van der Waals surface area (Å²) in [5, 5.41) is 17.8. The Morgan fingerprint density at radius 1 is 1.40 bits per heavy atom. The maximum Gasteiger partial charge on any atom is 0.337 e. The largest absolute Gasteiger partial charge is 0.508 e. The van der Waals surface area contributed by atoms with Gasteiger partial charge in [-0.15, -0.1) is 0 Å². The number of carboxylic acids is 1. The molecule has 1 aromatic rings. The van der Waals surface area contributed by atoms with Crippen LogP contribution < -0.4 is 4.72 Å². The topological polar surface area (TPSA) is 104 Å². The quantitative estimate of drug-likeness (QED) is 0.701. The van der Waals surface area contributed by atoms with E-state index in [2.05, 4.69) is 0 Å². The SMILES string of the molecule is CS(=O)(=O)Nc1cc(O)ccc1C(=O)O. The van der Waals surface area contributed by atoms with Crippen LogP contribution >= 0.6 is 0 Å². The fourth-order valence-electron chi connectivity index (χ4n) is 1.00. The number of phenolic OH excluding ortho intramolecular Hbond substituents is 1. The summed E-state index contributed by atoms with van der Waals surface area (Å²) in [5.41, 5.74) is -0.386. The predicted molar refractivity (Wildman–Crippen MR) is 53.5 cm³/mol. The second kappa shape index (κ2) is 3.77. The zero-order chi connectivity index (χ0) is 11.6. The van der Waals surface area contributed by atoms with Gasteiger partial charge >= 0.3 is 5.97 Å². The number of phenols is 1. The molecule has 0 aliphatic carbocycles. The van der Waals surface area contributed by atoms with Crippen LogP contribution in [0.3, 0.4) is 0 Å². The Balaban J connectivity index is 3.25. The van der Waals surface area contributed by atoms with Gasteiger partial charge in [0.05, 0.1) is 17.5 Å². The molecular formula is C8H9NO5S. The van der Waals surface area contributed by atoms with E-state index in [1.807, 2.05) is 4.72 Å². The zero-order valence-electron chi connectivity index (χ0n) is 7.76. The summed E-state index contributed by atoms with van der Waals surface area (Å²) in [6.07, 6.45) is 0.892. The molecule has 82 valence electrons. The van der Waals surface area contributed by atoms with Crippen LogP contribution in [0.1, 0.15) is 10.4 Å². The van der Waals surface area contributed by atoms with E-state index in [0.29, 0.717) is 0 Å². The van der Waals surface area contributed by atoms with Gasteiger partial charge in [-0.05, 0) is 12.1 Å². The molecular weight excluding hydrogens is 222 g/mol. The molecule has 0 aliphatic rings. The first-order valence-corrected chi connectivity index (χ1v) is 5.73. The first-order chi connectivity index (χ1) is 6.79. The minimum absolute atomic E-state index is 0.162. The summed E-state index contributed by atoms with van der Waals surface area (Å²) in [5.74, 6) is -1.49. The van der Waals surface area contributed by atoms with E-state index in [4.69, 9.17) is 10.2 Å². The highest BCUT2D eigenvalue weighted by Gasteiger charge is 2.13. The fourth-order valence-corrected chi connectivity index (χ4v) is 1.57. The van der Waals surface area contributed by atoms with Crippen LogP contribution in [0.4, 0.5) is 5.69 Å². The van der Waals surface area contributed by atoms with Crippen LogP contribution in [0.25, 0.3) is 0 Å². The van der Waals surface area contributed by atoms with E-state index in [1.165, 1.54) is 0 Å². The van der Waals surface area contributed by atoms with Crippen LogP contribution in [-0.4, -0.2) is 30.9 Å². The van der Waals surface area contributed by atoms with Gasteiger partial charge in [0.2, 0.25) is 10.0 Å². The van der Waals surface area contributed by atoms with Gasteiger partial charge in [0.1, 0.15) is 5.75 Å². The van der Waals surface area contributed by atoms with Gasteiger partial charge in [-0.3, -0.25) is 4.72 Å². The lowest BCUT2D eigenvalue weighted by Gasteiger charge is -2.07. The van der Waals surface area contributed by atoms with Crippen LogP contribution in [-0.2, 0) is 10.0 Å². The van der Waals surface area contributed by atoms with Crippen molar-refractivity contribution in [3.05, 3.63) is 23.8 Å². The van der Waals surface area contributed by atoms with Crippen LogP contribution in [0, 0.1) is 0 Å². The molecule has 1 aromatic carbocycles. The van der Waals surface area contributed by atoms with Crippen molar-refractivity contribution in [3.8, 4) is 5.75 Å². The third kappa shape index (κ3) is 3.13. The molecule has 0 aromatic heterocycles. The molecule has 0 radical (unpaired) electrons. The van der Waals surface area contributed by atoms with Crippen molar-refractivity contribution in [3.63, 3.8) is 0 Å². The van der Waals surface area contributed by atoms with Gasteiger partial charge in [0, 0.05) is 6.07 Å². The van der Waals surface area contributed by atoms with E-state index in [0.717, 1.165) is 24.5 Å². The first kappa shape index (κ1) is 11.3. The summed E-state index contributed by atoms with van der Waals surface area (Å²) in [4.78, 5) is 10.7. The molecule has 3 N–H and O–H groups in total. The Labute approximate surface area is 86.2 Å². The maximum atomic E-state index is 10.9. The van der Waals surface area contributed by atoms with Gasteiger partial charge < -0.3 is 10.2 Å². The van der Waals surface area contributed by atoms with E-state index in [9.17, 15) is 13.2 Å². The lowest BCUT2D eigenvalue weighted by molar-refractivity contribution is 0.0698. The number of carboxylic acid groups (broad SMARTS) is 1. The van der Waals surface area contributed by atoms with Gasteiger partial charge in [0.15, 0.2) is 0 Å². The van der Waals surface area contributed by atoms with E-state index in [1.54, 1.807) is 0 Å². The molecule has 0 aliphatic heterocycles. The number of carbonyl (C=O) groups is 1. The lowest BCUT2D eigenvalue weighted by atomic mass is 10.2. The molecule has 0 unspecified atom stereocenters. The van der Waals surface area contributed by atoms with Gasteiger partial charge in [-0.1, -0.05) is 0 Å². The summed E-state index contributed by atoms with van der Waals surface area (Å²) in [7, 11) is -3.57. The average Bonchev–Trinajstić information content (AvgIpc) is 1.99. The second-order valence-corrected chi connectivity index (χ2v) is 4.66. The number of nitrogens with one attached hydrogen (secondary N) is 1. The number of benzene rings is 1. The Morgan fingerprint density at radius 2 is 2.00 bits per heavy atom. The maximum absolute atomic E-state index is 10.9. The molecule has 0 amide bonds. The summed E-state index contributed by atoms with van der Waals surface area (Å²) < 4.78 is 23.8. The fraction of sp³-hybridized carbons (Fsp3) is 0.125. The molecule has 6 nitrogen and oxygen atoms in total. The minimum atomic E-state index is -3.57. The summed E-state index contributed by atoms with van der Waals surface area (Å²) >= 11 is 0. The van der Waals surface area contributed by atoms with Gasteiger partial charge in [-0.25, -0.2) is 13.2 Å². The van der Waals surface area contributed by atoms with E-state index in [-0.39, 0.29) is 17.0 Å². The number of aromatic hydroxyl groups is 1. The van der Waals surface area contributed by atoms with Crippen molar-refractivity contribution in [1.29, 1.82) is 0 Å². The van der Waals surface area contributed by atoms with Crippen LogP contribution in [0.2, 0.25) is 0 Å². The molecule has 0 fully saturated rings. The molecule has 0 spiro atoms. The Morgan fingerprint density at radius 3 is 2.47 bits per heavy atom. The Hall–Kier alpha value is -1.76.